The second kappa shape index (κ2) is 7.72. The van der Waals surface area contributed by atoms with E-state index in [0.29, 0.717) is 26.6 Å². The van der Waals surface area contributed by atoms with E-state index in [2.05, 4.69) is 0 Å². The van der Waals surface area contributed by atoms with Crippen molar-refractivity contribution in [1.82, 2.24) is 4.90 Å². The molecule has 1 saturated heterocycles. The molecule has 0 atom stereocenters. The molecular weight excluding hydrogens is 398 g/mol. The molecule has 1 aliphatic heterocycles. The Hall–Kier alpha value is -2.34. The third-order valence-corrected chi connectivity index (χ3v) is 5.72. The first kappa shape index (κ1) is 18.0. The lowest BCUT2D eigenvalue weighted by atomic mass is 10.2. The van der Waals surface area contributed by atoms with Gasteiger partial charge in [0, 0.05) is 16.7 Å². The van der Waals surface area contributed by atoms with Crippen LogP contribution in [-0.2, 0) is 11.3 Å². The summed E-state index contributed by atoms with van der Waals surface area (Å²) in [6, 6.07) is 20.9. The van der Waals surface area contributed by atoms with E-state index in [9.17, 15) is 4.79 Å². The highest BCUT2D eigenvalue weighted by atomic mass is 35.5. The summed E-state index contributed by atoms with van der Waals surface area (Å²) >= 11 is 12.6. The van der Waals surface area contributed by atoms with Crippen LogP contribution in [-0.4, -0.2) is 15.1 Å². The molecule has 1 amide bonds. The number of furan rings is 1. The van der Waals surface area contributed by atoms with Crippen LogP contribution >= 0.6 is 35.6 Å². The van der Waals surface area contributed by atoms with Gasteiger partial charge in [0.05, 0.1) is 11.4 Å². The van der Waals surface area contributed by atoms with Crippen molar-refractivity contribution in [2.75, 3.05) is 0 Å². The molecule has 0 saturated carbocycles. The number of amides is 1. The van der Waals surface area contributed by atoms with Crippen molar-refractivity contribution in [2.24, 2.45) is 0 Å². The second-order valence-corrected chi connectivity index (χ2v) is 8.07. The fourth-order valence-corrected chi connectivity index (χ4v) is 4.09. The van der Waals surface area contributed by atoms with E-state index in [0.717, 1.165) is 16.9 Å². The normalized spacial score (nSPS) is 15.7. The average molecular weight is 412 g/mol. The van der Waals surface area contributed by atoms with Gasteiger partial charge >= 0.3 is 0 Å². The minimum absolute atomic E-state index is 0.0988. The molecule has 0 spiro atoms. The predicted octanol–water partition coefficient (Wildman–Crippen LogP) is 6.00. The fraction of sp³-hybridized carbons (Fsp3) is 0.0476. The molecule has 1 aromatic heterocycles. The molecule has 1 fully saturated rings. The van der Waals surface area contributed by atoms with Crippen LogP contribution in [0.2, 0.25) is 5.02 Å². The molecule has 0 bridgehead atoms. The number of hydrogen-bond donors (Lipinski definition) is 0. The predicted molar refractivity (Wildman–Crippen MR) is 114 cm³/mol. The van der Waals surface area contributed by atoms with Crippen LogP contribution in [0, 0.1) is 0 Å². The van der Waals surface area contributed by atoms with Crippen LogP contribution in [0.25, 0.3) is 17.4 Å². The minimum atomic E-state index is -0.0988. The molecule has 2 heterocycles. The SMILES string of the molecule is O=C1/C(=C\c2ccc(-c3ccc(Cl)cc3)o2)SC(=S)N1Cc1ccccc1. The molecule has 1 aliphatic rings. The summed E-state index contributed by atoms with van der Waals surface area (Å²) in [5.41, 5.74) is 1.97. The summed E-state index contributed by atoms with van der Waals surface area (Å²) in [6.07, 6.45) is 1.74. The lowest BCUT2D eigenvalue weighted by molar-refractivity contribution is -0.122. The van der Waals surface area contributed by atoms with Gasteiger partial charge in [0.15, 0.2) is 0 Å². The Morgan fingerprint density at radius 3 is 2.52 bits per heavy atom. The highest BCUT2D eigenvalue weighted by Gasteiger charge is 2.32. The Labute approximate surface area is 171 Å². The summed E-state index contributed by atoms with van der Waals surface area (Å²) in [4.78, 5) is 14.9. The Morgan fingerprint density at radius 1 is 1.04 bits per heavy atom. The molecule has 4 rings (SSSR count). The third-order valence-electron chi connectivity index (χ3n) is 4.09. The van der Waals surface area contributed by atoms with Gasteiger partial charge in [-0.25, -0.2) is 0 Å². The van der Waals surface area contributed by atoms with Crippen LogP contribution in [0.3, 0.4) is 0 Å². The summed E-state index contributed by atoms with van der Waals surface area (Å²) in [5.74, 6) is 1.23. The minimum Gasteiger partial charge on any atom is -0.457 e. The molecule has 0 aliphatic carbocycles. The number of hydrogen-bond acceptors (Lipinski definition) is 4. The number of thioether (sulfide) groups is 1. The maximum absolute atomic E-state index is 12.7. The van der Waals surface area contributed by atoms with Crippen LogP contribution in [0.1, 0.15) is 11.3 Å². The van der Waals surface area contributed by atoms with E-state index in [-0.39, 0.29) is 5.91 Å². The number of rotatable bonds is 4. The van der Waals surface area contributed by atoms with Crippen molar-refractivity contribution in [1.29, 1.82) is 0 Å². The zero-order chi connectivity index (χ0) is 18.8. The summed E-state index contributed by atoms with van der Waals surface area (Å²) in [5, 5.41) is 0.674. The van der Waals surface area contributed by atoms with Crippen LogP contribution < -0.4 is 0 Å². The Kier molecular flexibility index (Phi) is 5.16. The van der Waals surface area contributed by atoms with Crippen LogP contribution in [0.5, 0.6) is 0 Å². The lowest BCUT2D eigenvalue weighted by Crippen LogP contribution is -2.27. The summed E-state index contributed by atoms with van der Waals surface area (Å²) in [7, 11) is 0. The zero-order valence-electron chi connectivity index (χ0n) is 14.1. The number of thiocarbonyl (C=S) groups is 1. The lowest BCUT2D eigenvalue weighted by Gasteiger charge is -2.14. The number of halogens is 1. The molecular formula is C21H14ClNO2S2. The number of carbonyl (C=O) groups excluding carboxylic acids is 1. The van der Waals surface area contributed by atoms with Gasteiger partial charge < -0.3 is 4.42 Å². The van der Waals surface area contributed by atoms with E-state index in [4.69, 9.17) is 28.2 Å². The first-order valence-electron chi connectivity index (χ1n) is 8.25. The van der Waals surface area contributed by atoms with Gasteiger partial charge in [0.1, 0.15) is 15.8 Å². The molecule has 0 radical (unpaired) electrons. The van der Waals surface area contributed by atoms with E-state index in [1.165, 1.54) is 11.8 Å². The molecule has 134 valence electrons. The van der Waals surface area contributed by atoms with Crippen molar-refractivity contribution in [3.8, 4) is 11.3 Å². The topological polar surface area (TPSA) is 33.5 Å². The molecule has 6 heteroatoms. The standard InChI is InChI=1S/C21H14ClNO2S2/c22-16-8-6-15(7-9-16)18-11-10-17(25-18)12-19-20(24)23(21(26)27-19)13-14-4-2-1-3-5-14/h1-12H,13H2/b19-12+. The van der Waals surface area contributed by atoms with Gasteiger partial charge in [0.25, 0.3) is 5.91 Å². The van der Waals surface area contributed by atoms with Crippen LogP contribution in [0.4, 0.5) is 0 Å². The van der Waals surface area contributed by atoms with E-state index in [1.807, 2.05) is 66.7 Å². The monoisotopic (exact) mass is 411 g/mol. The Morgan fingerprint density at radius 2 is 1.78 bits per heavy atom. The van der Waals surface area contributed by atoms with Crippen molar-refractivity contribution >= 4 is 51.9 Å². The largest absolute Gasteiger partial charge is 0.457 e. The van der Waals surface area contributed by atoms with Gasteiger partial charge in [-0.05, 0) is 42.0 Å². The molecule has 3 aromatic rings. The van der Waals surface area contributed by atoms with Crippen molar-refractivity contribution < 1.29 is 9.21 Å². The summed E-state index contributed by atoms with van der Waals surface area (Å²) in [6.45, 7) is 0.469. The van der Waals surface area contributed by atoms with Gasteiger partial charge in [0.2, 0.25) is 0 Å². The zero-order valence-corrected chi connectivity index (χ0v) is 16.5. The fourth-order valence-electron chi connectivity index (χ4n) is 2.73. The maximum Gasteiger partial charge on any atom is 0.266 e. The second-order valence-electron chi connectivity index (χ2n) is 5.96. The van der Waals surface area contributed by atoms with E-state index >= 15 is 0 Å². The highest BCUT2D eigenvalue weighted by molar-refractivity contribution is 8.26. The van der Waals surface area contributed by atoms with Crippen molar-refractivity contribution in [2.45, 2.75) is 6.54 Å². The number of benzene rings is 2. The van der Waals surface area contributed by atoms with E-state index < -0.39 is 0 Å². The first-order chi connectivity index (χ1) is 13.1. The first-order valence-corrected chi connectivity index (χ1v) is 9.85. The van der Waals surface area contributed by atoms with Crippen molar-refractivity contribution in [3.63, 3.8) is 0 Å². The van der Waals surface area contributed by atoms with Gasteiger partial charge in [-0.3, -0.25) is 9.69 Å². The smallest absolute Gasteiger partial charge is 0.266 e. The molecule has 2 aromatic carbocycles. The highest BCUT2D eigenvalue weighted by Crippen LogP contribution is 2.34. The van der Waals surface area contributed by atoms with Crippen LogP contribution in [0.15, 0.2) is 76.1 Å². The van der Waals surface area contributed by atoms with E-state index in [1.54, 1.807) is 11.0 Å². The Balaban J connectivity index is 1.53. The summed E-state index contributed by atoms with van der Waals surface area (Å²) < 4.78 is 6.42. The average Bonchev–Trinajstić information content (AvgIpc) is 3.24. The maximum atomic E-state index is 12.7. The van der Waals surface area contributed by atoms with Crippen molar-refractivity contribution in [3.05, 3.63) is 88.0 Å². The number of carbonyl (C=O) groups is 1. The molecule has 3 nitrogen and oxygen atoms in total. The van der Waals surface area contributed by atoms with Gasteiger partial charge in [-0.15, -0.1) is 0 Å². The third kappa shape index (κ3) is 4.00. The molecule has 27 heavy (non-hydrogen) atoms. The number of nitrogens with zero attached hydrogens (tertiary/aromatic N) is 1. The molecule has 0 N–H and O–H groups in total. The van der Waals surface area contributed by atoms with Gasteiger partial charge in [-0.1, -0.05) is 65.9 Å². The van der Waals surface area contributed by atoms with Gasteiger partial charge in [-0.2, -0.15) is 0 Å². The Bertz CT molecular complexity index is 1030. The molecule has 0 unspecified atom stereocenters. The quantitative estimate of drug-likeness (QED) is 0.389.